The highest BCUT2D eigenvalue weighted by molar-refractivity contribution is 5.73. The van der Waals surface area contributed by atoms with Crippen LogP contribution in [0.2, 0.25) is 0 Å². The highest BCUT2D eigenvalue weighted by Gasteiger charge is 2.76. The van der Waals surface area contributed by atoms with Crippen molar-refractivity contribution < 1.29 is 48.3 Å². The minimum atomic E-state index is -1.99. The number of aliphatic hydroxyl groups is 2. The number of ether oxygens (including phenoxy) is 5. The van der Waals surface area contributed by atoms with E-state index in [1.54, 1.807) is 12.2 Å². The number of carbonyl (C=O) groups excluding carboxylic acids is 3. The van der Waals surface area contributed by atoms with Crippen molar-refractivity contribution in [2.75, 3.05) is 0 Å². The largest absolute Gasteiger partial charge is 0.458 e. The van der Waals surface area contributed by atoms with Crippen molar-refractivity contribution >= 4 is 18.2 Å². The van der Waals surface area contributed by atoms with Crippen LogP contribution < -0.4 is 0 Å². The van der Waals surface area contributed by atoms with E-state index in [-0.39, 0.29) is 28.2 Å². The van der Waals surface area contributed by atoms with E-state index in [0.29, 0.717) is 24.7 Å². The lowest BCUT2D eigenvalue weighted by Crippen LogP contribution is -2.66. The van der Waals surface area contributed by atoms with Gasteiger partial charge in [0.15, 0.2) is 36.4 Å². The lowest BCUT2D eigenvalue weighted by Gasteiger charge is -2.61. The van der Waals surface area contributed by atoms with Crippen molar-refractivity contribution in [3.8, 4) is 0 Å². The first-order chi connectivity index (χ1) is 20.4. The molecule has 0 aromatic rings. The van der Waals surface area contributed by atoms with E-state index in [1.807, 2.05) is 6.92 Å². The van der Waals surface area contributed by atoms with Crippen LogP contribution in [0.4, 0.5) is 0 Å². The molecule has 0 bridgehead atoms. The van der Waals surface area contributed by atoms with Gasteiger partial charge in [-0.25, -0.2) is 0 Å². The van der Waals surface area contributed by atoms with E-state index in [1.165, 1.54) is 13.8 Å². The fraction of sp³-hybridized carbons (Fsp3) is 0.794. The SMILES string of the molecule is CC(=O)O[C@@H]1C=C([C@@H]2O[C@@H]3O[C@H](O)C4=C[C@@H](OC(C)=O)C5C(C)(C)CCC[C@]5(C)[C@]43O2)[C@](O)(C=O)[C@@]2(C)CCCC(C)(C)C12. The molecule has 11 atom stereocenters. The molecule has 4 fully saturated rings. The highest BCUT2D eigenvalue weighted by Crippen LogP contribution is 2.69. The zero-order chi connectivity index (χ0) is 32.3. The summed E-state index contributed by atoms with van der Waals surface area (Å²) in [5.74, 6) is -1.44. The molecule has 2 saturated carbocycles. The van der Waals surface area contributed by atoms with Crippen molar-refractivity contribution in [2.45, 2.75) is 136 Å². The molecular formula is C34H48O10. The summed E-state index contributed by atoms with van der Waals surface area (Å²) in [6.45, 7) is 15.2. The van der Waals surface area contributed by atoms with Gasteiger partial charge in [0.1, 0.15) is 12.2 Å². The fourth-order valence-corrected chi connectivity index (χ4v) is 10.9. The van der Waals surface area contributed by atoms with Gasteiger partial charge in [0.25, 0.3) is 0 Å². The summed E-state index contributed by atoms with van der Waals surface area (Å²) < 4.78 is 31.3. The zero-order valence-corrected chi connectivity index (χ0v) is 27.2. The summed E-state index contributed by atoms with van der Waals surface area (Å²) in [5.41, 5.74) is -5.02. The summed E-state index contributed by atoms with van der Waals surface area (Å²) >= 11 is 0. The van der Waals surface area contributed by atoms with Crippen LogP contribution in [0.5, 0.6) is 0 Å². The van der Waals surface area contributed by atoms with E-state index in [4.69, 9.17) is 23.7 Å². The number of rotatable bonds is 4. The van der Waals surface area contributed by atoms with Gasteiger partial charge in [-0.1, -0.05) is 54.4 Å². The average molecular weight is 617 g/mol. The number of hydrogen-bond donors (Lipinski definition) is 2. The minimum Gasteiger partial charge on any atom is -0.458 e. The van der Waals surface area contributed by atoms with Crippen molar-refractivity contribution in [3.63, 3.8) is 0 Å². The van der Waals surface area contributed by atoms with Crippen LogP contribution in [-0.2, 0) is 38.1 Å². The van der Waals surface area contributed by atoms with Crippen molar-refractivity contribution in [1.29, 1.82) is 0 Å². The normalized spacial score (nSPS) is 48.5. The van der Waals surface area contributed by atoms with Crippen molar-refractivity contribution in [1.82, 2.24) is 0 Å². The van der Waals surface area contributed by atoms with Crippen LogP contribution in [0.1, 0.15) is 93.9 Å². The molecule has 1 spiro atoms. The predicted octanol–water partition coefficient (Wildman–Crippen LogP) is 4.11. The van der Waals surface area contributed by atoms with Gasteiger partial charge in [0.2, 0.25) is 0 Å². The Morgan fingerprint density at radius 2 is 1.32 bits per heavy atom. The Bertz CT molecular complexity index is 1320. The van der Waals surface area contributed by atoms with E-state index in [9.17, 15) is 24.6 Å². The number of hydrogen-bond acceptors (Lipinski definition) is 10. The molecule has 6 rings (SSSR count). The maximum atomic E-state index is 13.1. The molecule has 4 aliphatic carbocycles. The van der Waals surface area contributed by atoms with E-state index >= 15 is 0 Å². The number of aldehydes is 1. The van der Waals surface area contributed by atoms with Crippen LogP contribution in [-0.4, -0.2) is 70.7 Å². The van der Waals surface area contributed by atoms with Gasteiger partial charge in [0.05, 0.1) is 0 Å². The maximum Gasteiger partial charge on any atom is 0.303 e. The molecule has 2 unspecified atom stereocenters. The van der Waals surface area contributed by atoms with Gasteiger partial charge in [-0.2, -0.15) is 0 Å². The second-order valence-corrected chi connectivity index (χ2v) is 15.9. The van der Waals surface area contributed by atoms with Crippen LogP contribution in [0.3, 0.4) is 0 Å². The molecule has 0 aromatic carbocycles. The summed E-state index contributed by atoms with van der Waals surface area (Å²) in [6.07, 6.45) is 3.58. The molecule has 0 amide bonds. The van der Waals surface area contributed by atoms with Gasteiger partial charge < -0.3 is 33.9 Å². The first-order valence-corrected chi connectivity index (χ1v) is 16.0. The number of aliphatic hydroxyl groups excluding tert-OH is 1. The monoisotopic (exact) mass is 616 g/mol. The third-order valence-electron chi connectivity index (χ3n) is 12.4. The first kappa shape index (κ1) is 31.9. The zero-order valence-electron chi connectivity index (χ0n) is 27.2. The Kier molecular flexibility index (Phi) is 7.20. The van der Waals surface area contributed by atoms with Crippen molar-refractivity contribution in [2.24, 2.45) is 33.5 Å². The van der Waals surface area contributed by atoms with Gasteiger partial charge in [-0.3, -0.25) is 14.4 Å². The second-order valence-electron chi connectivity index (χ2n) is 15.9. The summed E-state index contributed by atoms with van der Waals surface area (Å²) in [5, 5.41) is 23.7. The van der Waals surface area contributed by atoms with Crippen molar-refractivity contribution in [3.05, 3.63) is 23.3 Å². The number of carbonyl (C=O) groups is 3. The predicted molar refractivity (Wildman–Crippen MR) is 156 cm³/mol. The number of fused-ring (bicyclic) bond motifs is 2. The average Bonchev–Trinajstić information content (AvgIpc) is 3.38. The van der Waals surface area contributed by atoms with E-state index in [0.717, 1.165) is 25.7 Å². The minimum absolute atomic E-state index is 0.175. The molecule has 0 aromatic heterocycles. The van der Waals surface area contributed by atoms with Gasteiger partial charge in [-0.05, 0) is 48.7 Å². The molecule has 2 saturated heterocycles. The molecule has 2 heterocycles. The second kappa shape index (κ2) is 9.94. The van der Waals surface area contributed by atoms with Crippen LogP contribution in [0.15, 0.2) is 23.3 Å². The summed E-state index contributed by atoms with van der Waals surface area (Å²) in [4.78, 5) is 37.7. The number of esters is 2. The standard InChI is InChI=1S/C34H48O10/c1-18(36)40-22-15-20-26(38)42-28-34(20,32(8)14-10-12-30(5,6)25(22)32)44-27(43-28)21-16-23(41-19(2)37)24-29(3,4)11-9-13-31(24,7)33(21,39)17-35/h15-17,22-28,38-39H,9-14H2,1-8H3/t22-,23-,24?,25?,26+,27-,28+,31+,32+,33-,34+/m1/s1. The molecule has 10 nitrogen and oxygen atoms in total. The molecule has 44 heavy (non-hydrogen) atoms. The molecule has 2 N–H and O–H groups in total. The van der Waals surface area contributed by atoms with Gasteiger partial charge in [-0.15, -0.1) is 0 Å². The van der Waals surface area contributed by atoms with E-state index < -0.39 is 65.0 Å². The lowest BCUT2D eigenvalue weighted by molar-refractivity contribution is -0.211. The Morgan fingerprint density at radius 1 is 0.818 bits per heavy atom. The quantitative estimate of drug-likeness (QED) is 0.270. The summed E-state index contributed by atoms with van der Waals surface area (Å²) in [6, 6.07) is 0. The molecule has 10 heteroatoms. The van der Waals surface area contributed by atoms with Crippen LogP contribution >= 0.6 is 0 Å². The Hall–Kier alpha value is -2.11. The summed E-state index contributed by atoms with van der Waals surface area (Å²) in [7, 11) is 0. The van der Waals surface area contributed by atoms with Gasteiger partial charge in [0, 0.05) is 47.7 Å². The molecule has 244 valence electrons. The third-order valence-corrected chi connectivity index (χ3v) is 12.4. The Morgan fingerprint density at radius 3 is 1.84 bits per heavy atom. The smallest absolute Gasteiger partial charge is 0.303 e. The van der Waals surface area contributed by atoms with Crippen LogP contribution in [0, 0.1) is 33.5 Å². The Labute approximate surface area is 259 Å². The topological polar surface area (TPSA) is 138 Å². The fourth-order valence-electron chi connectivity index (χ4n) is 10.9. The van der Waals surface area contributed by atoms with Crippen LogP contribution in [0.25, 0.3) is 0 Å². The third kappa shape index (κ3) is 4.06. The van der Waals surface area contributed by atoms with Gasteiger partial charge >= 0.3 is 11.9 Å². The molecule has 6 aliphatic rings. The Balaban J connectivity index is 1.50. The maximum absolute atomic E-state index is 13.1. The molecule has 2 aliphatic heterocycles. The molecular weight excluding hydrogens is 568 g/mol. The highest BCUT2D eigenvalue weighted by atomic mass is 16.8. The first-order valence-electron chi connectivity index (χ1n) is 16.0. The lowest BCUT2D eigenvalue weighted by atomic mass is 9.46. The van der Waals surface area contributed by atoms with E-state index in [2.05, 4.69) is 34.6 Å². The molecule has 0 radical (unpaired) electrons.